The van der Waals surface area contributed by atoms with Crippen LogP contribution in [0.3, 0.4) is 0 Å². The third-order valence-electron chi connectivity index (χ3n) is 4.15. The Morgan fingerprint density at radius 2 is 2.11 bits per heavy atom. The second kappa shape index (κ2) is 4.66. The second-order valence-electron chi connectivity index (χ2n) is 5.91. The number of para-hydroxylation sites is 1. The summed E-state index contributed by atoms with van der Waals surface area (Å²) >= 11 is 0. The van der Waals surface area contributed by atoms with E-state index in [0.717, 1.165) is 26.0 Å². The molecule has 1 aliphatic heterocycles. The number of aromatic amines is 1. The molecular formula is C16H22N2O. The number of aromatic nitrogens is 1. The maximum absolute atomic E-state index is 6.11. The van der Waals surface area contributed by atoms with Gasteiger partial charge in [0.25, 0.3) is 0 Å². The maximum Gasteiger partial charge on any atom is 0.106 e. The van der Waals surface area contributed by atoms with E-state index in [1.54, 1.807) is 0 Å². The highest BCUT2D eigenvalue weighted by molar-refractivity contribution is 5.85. The number of hydrogen-bond donors (Lipinski definition) is 1. The van der Waals surface area contributed by atoms with Crippen LogP contribution in [0.15, 0.2) is 24.3 Å². The first kappa shape index (κ1) is 12.7. The van der Waals surface area contributed by atoms with Crippen LogP contribution in [0.5, 0.6) is 0 Å². The van der Waals surface area contributed by atoms with Crippen LogP contribution in [0.25, 0.3) is 10.9 Å². The first-order valence-electron chi connectivity index (χ1n) is 6.99. The molecule has 1 atom stereocenters. The Labute approximate surface area is 114 Å². The van der Waals surface area contributed by atoms with Crippen LogP contribution in [0.1, 0.15) is 24.6 Å². The lowest BCUT2D eigenvalue weighted by molar-refractivity contribution is -0.0578. The molecule has 2 heterocycles. The van der Waals surface area contributed by atoms with E-state index >= 15 is 0 Å². The van der Waals surface area contributed by atoms with Crippen molar-refractivity contribution in [2.75, 3.05) is 27.2 Å². The van der Waals surface area contributed by atoms with E-state index < -0.39 is 0 Å². The summed E-state index contributed by atoms with van der Waals surface area (Å²) < 4.78 is 6.11. The molecule has 0 amide bonds. The average Bonchev–Trinajstić information content (AvgIpc) is 2.78. The van der Waals surface area contributed by atoms with Gasteiger partial charge in [-0.05, 0) is 45.5 Å². The molecule has 3 nitrogen and oxygen atoms in total. The largest absolute Gasteiger partial charge is 0.369 e. The van der Waals surface area contributed by atoms with E-state index in [1.165, 1.54) is 22.2 Å². The lowest BCUT2D eigenvalue weighted by Gasteiger charge is -2.35. The fourth-order valence-corrected chi connectivity index (χ4v) is 3.00. The zero-order valence-electron chi connectivity index (χ0n) is 12.0. The van der Waals surface area contributed by atoms with Crippen LogP contribution in [0.4, 0.5) is 0 Å². The molecule has 1 aliphatic rings. The Morgan fingerprint density at radius 3 is 2.89 bits per heavy atom. The van der Waals surface area contributed by atoms with Crippen LogP contribution >= 0.6 is 0 Å². The van der Waals surface area contributed by atoms with E-state index in [9.17, 15) is 0 Å². The van der Waals surface area contributed by atoms with Crippen LogP contribution in [0.2, 0.25) is 0 Å². The first-order valence-corrected chi connectivity index (χ1v) is 6.99. The smallest absolute Gasteiger partial charge is 0.106 e. The molecule has 19 heavy (non-hydrogen) atoms. The summed E-state index contributed by atoms with van der Waals surface area (Å²) in [5.41, 5.74) is 3.77. The lowest BCUT2D eigenvalue weighted by atomic mass is 9.90. The Kier molecular flexibility index (Phi) is 3.11. The van der Waals surface area contributed by atoms with Gasteiger partial charge in [-0.15, -0.1) is 0 Å². The van der Waals surface area contributed by atoms with Crippen molar-refractivity contribution in [3.63, 3.8) is 0 Å². The fraction of sp³-hybridized carbons (Fsp3) is 0.500. The topological polar surface area (TPSA) is 28.3 Å². The molecule has 0 spiro atoms. The van der Waals surface area contributed by atoms with Gasteiger partial charge < -0.3 is 14.6 Å². The molecule has 0 aliphatic carbocycles. The van der Waals surface area contributed by atoms with Gasteiger partial charge in [-0.1, -0.05) is 18.2 Å². The van der Waals surface area contributed by atoms with Crippen LogP contribution in [-0.4, -0.2) is 37.1 Å². The van der Waals surface area contributed by atoms with E-state index in [-0.39, 0.29) is 5.60 Å². The van der Waals surface area contributed by atoms with Crippen molar-refractivity contribution in [3.05, 3.63) is 35.5 Å². The highest BCUT2D eigenvalue weighted by atomic mass is 16.5. The molecule has 1 unspecified atom stereocenters. The number of ether oxygens (including phenoxy) is 1. The summed E-state index contributed by atoms with van der Waals surface area (Å²) in [6.07, 6.45) is 2.02. The minimum absolute atomic E-state index is 0.184. The predicted molar refractivity (Wildman–Crippen MR) is 78.5 cm³/mol. The monoisotopic (exact) mass is 258 g/mol. The number of nitrogens with zero attached hydrogens (tertiary/aromatic N) is 1. The third-order valence-corrected chi connectivity index (χ3v) is 4.15. The highest BCUT2D eigenvalue weighted by Gasteiger charge is 2.35. The second-order valence-corrected chi connectivity index (χ2v) is 5.91. The Bertz CT molecular complexity index is 587. The summed E-state index contributed by atoms with van der Waals surface area (Å²) in [5, 5.41) is 1.36. The number of rotatable bonds is 3. The van der Waals surface area contributed by atoms with E-state index in [4.69, 9.17) is 4.74 Å². The summed E-state index contributed by atoms with van der Waals surface area (Å²) in [7, 11) is 4.22. The zero-order chi connectivity index (χ0) is 13.5. The van der Waals surface area contributed by atoms with Crippen molar-refractivity contribution in [2.24, 2.45) is 0 Å². The molecule has 1 aromatic heterocycles. The average molecular weight is 258 g/mol. The van der Waals surface area contributed by atoms with E-state index in [0.29, 0.717) is 0 Å². The van der Waals surface area contributed by atoms with Crippen LogP contribution in [-0.2, 0) is 16.8 Å². The molecule has 1 aromatic carbocycles. The van der Waals surface area contributed by atoms with E-state index in [2.05, 4.69) is 55.2 Å². The van der Waals surface area contributed by atoms with Gasteiger partial charge in [-0.25, -0.2) is 0 Å². The van der Waals surface area contributed by atoms with Crippen molar-refractivity contribution >= 4 is 10.9 Å². The van der Waals surface area contributed by atoms with Crippen molar-refractivity contribution in [3.8, 4) is 0 Å². The third kappa shape index (κ3) is 2.17. The molecule has 3 heteroatoms. The molecule has 2 aromatic rings. The zero-order valence-corrected chi connectivity index (χ0v) is 12.0. The molecule has 0 saturated carbocycles. The van der Waals surface area contributed by atoms with Gasteiger partial charge in [-0.2, -0.15) is 0 Å². The van der Waals surface area contributed by atoms with Crippen molar-refractivity contribution < 1.29 is 4.74 Å². The van der Waals surface area contributed by atoms with Gasteiger partial charge in [0.05, 0.1) is 12.3 Å². The highest BCUT2D eigenvalue weighted by Crippen LogP contribution is 2.38. The lowest BCUT2D eigenvalue weighted by Crippen LogP contribution is -2.35. The maximum atomic E-state index is 6.11. The summed E-state index contributed by atoms with van der Waals surface area (Å²) in [6, 6.07) is 8.56. The normalized spacial score (nSPS) is 22.9. The summed E-state index contributed by atoms with van der Waals surface area (Å²) in [6.45, 7) is 4.06. The quantitative estimate of drug-likeness (QED) is 0.917. The van der Waals surface area contributed by atoms with Crippen molar-refractivity contribution in [2.45, 2.75) is 25.4 Å². The standard InChI is InChI=1S/C16H22N2O/c1-16(9-10-18(2)3)15-13(8-11-19-16)12-6-4-5-7-14(12)17-15/h4-7,17H,8-11H2,1-3H3. The van der Waals surface area contributed by atoms with Gasteiger partial charge in [0.15, 0.2) is 0 Å². The summed E-state index contributed by atoms with van der Waals surface area (Å²) in [4.78, 5) is 5.80. The fourth-order valence-electron chi connectivity index (χ4n) is 3.00. The van der Waals surface area contributed by atoms with Gasteiger partial charge in [0, 0.05) is 17.4 Å². The SMILES string of the molecule is CN(C)CCC1(C)OCCc2c1[nH]c1ccccc21. The van der Waals surface area contributed by atoms with Gasteiger partial charge in [0.2, 0.25) is 0 Å². The Morgan fingerprint density at radius 1 is 1.32 bits per heavy atom. The van der Waals surface area contributed by atoms with E-state index in [1.807, 2.05) is 0 Å². The molecule has 0 saturated heterocycles. The Balaban J connectivity index is 2.04. The van der Waals surface area contributed by atoms with Crippen LogP contribution in [0, 0.1) is 0 Å². The first-order chi connectivity index (χ1) is 9.10. The van der Waals surface area contributed by atoms with Crippen LogP contribution < -0.4 is 0 Å². The molecular weight excluding hydrogens is 236 g/mol. The summed E-state index contributed by atoms with van der Waals surface area (Å²) in [5.74, 6) is 0. The van der Waals surface area contributed by atoms with Gasteiger partial charge in [0.1, 0.15) is 5.60 Å². The molecule has 3 rings (SSSR count). The van der Waals surface area contributed by atoms with Crippen molar-refractivity contribution in [1.29, 1.82) is 0 Å². The Hall–Kier alpha value is -1.32. The predicted octanol–water partition coefficient (Wildman–Crippen LogP) is 2.91. The van der Waals surface area contributed by atoms with Crippen molar-refractivity contribution in [1.82, 2.24) is 9.88 Å². The number of benzene rings is 1. The van der Waals surface area contributed by atoms with Gasteiger partial charge in [-0.3, -0.25) is 0 Å². The minimum Gasteiger partial charge on any atom is -0.369 e. The van der Waals surface area contributed by atoms with Gasteiger partial charge >= 0.3 is 0 Å². The number of H-pyrrole nitrogens is 1. The molecule has 0 bridgehead atoms. The number of hydrogen-bond acceptors (Lipinski definition) is 2. The molecule has 0 radical (unpaired) electrons. The minimum atomic E-state index is -0.184. The molecule has 1 N–H and O–H groups in total. The molecule has 0 fully saturated rings. The molecule has 102 valence electrons. The number of nitrogens with one attached hydrogen (secondary N) is 1. The number of fused-ring (bicyclic) bond motifs is 3.